The van der Waals surface area contributed by atoms with E-state index >= 15 is 0 Å². The fourth-order valence-electron chi connectivity index (χ4n) is 2.52. The van der Waals surface area contributed by atoms with Crippen molar-refractivity contribution in [1.82, 2.24) is 4.31 Å². The molecule has 0 aromatic heterocycles. The van der Waals surface area contributed by atoms with Crippen LogP contribution in [-0.4, -0.2) is 54.8 Å². The highest BCUT2D eigenvalue weighted by Gasteiger charge is 2.46. The van der Waals surface area contributed by atoms with Gasteiger partial charge in [-0.25, -0.2) is 8.42 Å². The summed E-state index contributed by atoms with van der Waals surface area (Å²) in [5.74, 6) is 0.913. The average molecular weight is 263 g/mol. The van der Waals surface area contributed by atoms with Gasteiger partial charge in [-0.3, -0.25) is 0 Å². The number of nitrogens with zero attached hydrogens (tertiary/aromatic N) is 1. The molecule has 3 rings (SSSR count). The summed E-state index contributed by atoms with van der Waals surface area (Å²) >= 11 is 1.87. The molecule has 0 amide bonds. The predicted octanol–water partition coefficient (Wildman–Crippen LogP) is 0.685. The third-order valence-corrected chi connectivity index (χ3v) is 7.27. The van der Waals surface area contributed by atoms with Crippen LogP contribution in [-0.2, 0) is 14.8 Å². The van der Waals surface area contributed by atoms with E-state index < -0.39 is 10.0 Å². The van der Waals surface area contributed by atoms with Crippen LogP contribution in [0.2, 0.25) is 0 Å². The lowest BCUT2D eigenvalue weighted by Crippen LogP contribution is -2.54. The van der Waals surface area contributed by atoms with Crippen LogP contribution in [0.3, 0.4) is 0 Å². The average Bonchev–Trinajstić information content (AvgIpc) is 3.12. The van der Waals surface area contributed by atoms with Gasteiger partial charge in [0.05, 0.1) is 11.9 Å². The number of fused-ring (bicyclic) bond motifs is 1. The summed E-state index contributed by atoms with van der Waals surface area (Å²) in [6.07, 6.45) is 2.59. The van der Waals surface area contributed by atoms with E-state index in [4.69, 9.17) is 4.74 Å². The summed E-state index contributed by atoms with van der Waals surface area (Å²) < 4.78 is 31.8. The monoisotopic (exact) mass is 263 g/mol. The van der Waals surface area contributed by atoms with Crippen molar-refractivity contribution in [3.63, 3.8) is 0 Å². The molecule has 0 aromatic rings. The Labute approximate surface area is 101 Å². The van der Waals surface area contributed by atoms with Crippen molar-refractivity contribution in [2.45, 2.75) is 35.8 Å². The standard InChI is InChI=1S/C10H17NO3S2/c12-16(13,8-1-2-8)11-4-6-15-10-7-14-5-3-9(10)11/h8-10H,1-7H2/t9-,10-/m1/s1. The van der Waals surface area contributed by atoms with Crippen LogP contribution in [0.4, 0.5) is 0 Å². The molecule has 1 saturated carbocycles. The normalized spacial score (nSPS) is 37.0. The van der Waals surface area contributed by atoms with Crippen LogP contribution < -0.4 is 0 Å². The maximum atomic E-state index is 12.3. The van der Waals surface area contributed by atoms with Crippen LogP contribution in [0.15, 0.2) is 0 Å². The summed E-state index contributed by atoms with van der Waals surface area (Å²) in [6, 6.07) is 0.193. The molecule has 2 atom stereocenters. The van der Waals surface area contributed by atoms with Crippen LogP contribution in [0, 0.1) is 0 Å². The summed E-state index contributed by atoms with van der Waals surface area (Å²) in [6.45, 7) is 2.12. The van der Waals surface area contributed by atoms with Crippen molar-refractivity contribution in [3.8, 4) is 0 Å². The van der Waals surface area contributed by atoms with Crippen LogP contribution >= 0.6 is 11.8 Å². The van der Waals surface area contributed by atoms with Crippen LogP contribution in [0.1, 0.15) is 19.3 Å². The van der Waals surface area contributed by atoms with Crippen molar-refractivity contribution in [3.05, 3.63) is 0 Å². The van der Waals surface area contributed by atoms with Crippen LogP contribution in [0.25, 0.3) is 0 Å². The minimum atomic E-state index is -2.99. The Morgan fingerprint density at radius 2 is 2.06 bits per heavy atom. The van der Waals surface area contributed by atoms with Crippen molar-refractivity contribution in [2.24, 2.45) is 0 Å². The fraction of sp³-hybridized carbons (Fsp3) is 1.00. The van der Waals surface area contributed by atoms with E-state index in [0.717, 1.165) is 25.0 Å². The first kappa shape index (κ1) is 11.3. The molecule has 16 heavy (non-hydrogen) atoms. The maximum Gasteiger partial charge on any atom is 0.217 e. The first-order valence-electron chi connectivity index (χ1n) is 5.89. The summed E-state index contributed by atoms with van der Waals surface area (Å²) in [4.78, 5) is 0. The molecule has 6 heteroatoms. The second-order valence-electron chi connectivity index (χ2n) is 4.70. The molecule has 4 nitrogen and oxygen atoms in total. The van der Waals surface area contributed by atoms with Gasteiger partial charge in [-0.05, 0) is 19.3 Å². The maximum absolute atomic E-state index is 12.3. The molecule has 0 N–H and O–H groups in total. The van der Waals surface area contributed by atoms with Gasteiger partial charge in [0.1, 0.15) is 0 Å². The quantitative estimate of drug-likeness (QED) is 0.735. The molecule has 3 fully saturated rings. The second kappa shape index (κ2) is 4.15. The Kier molecular flexibility index (Phi) is 2.94. The molecular weight excluding hydrogens is 246 g/mol. The van der Waals surface area contributed by atoms with E-state index in [1.165, 1.54) is 0 Å². The highest BCUT2D eigenvalue weighted by molar-refractivity contribution is 8.00. The van der Waals surface area contributed by atoms with Gasteiger partial charge in [0.15, 0.2) is 0 Å². The molecule has 0 radical (unpaired) electrons. The number of thioether (sulfide) groups is 1. The number of hydrogen-bond donors (Lipinski definition) is 0. The highest BCUT2D eigenvalue weighted by Crippen LogP contribution is 2.37. The topological polar surface area (TPSA) is 46.6 Å². The molecule has 3 aliphatic rings. The summed E-state index contributed by atoms with van der Waals surface area (Å²) in [5.41, 5.74) is 0. The van der Waals surface area contributed by atoms with Gasteiger partial charge < -0.3 is 4.74 Å². The Bertz CT molecular complexity index is 364. The van der Waals surface area contributed by atoms with E-state index in [2.05, 4.69) is 0 Å². The molecule has 92 valence electrons. The third kappa shape index (κ3) is 1.89. The first-order chi connectivity index (χ1) is 7.69. The first-order valence-corrected chi connectivity index (χ1v) is 8.45. The van der Waals surface area contributed by atoms with Crippen molar-refractivity contribution < 1.29 is 13.2 Å². The van der Waals surface area contributed by atoms with Crippen molar-refractivity contribution in [1.29, 1.82) is 0 Å². The van der Waals surface area contributed by atoms with Gasteiger partial charge in [-0.2, -0.15) is 16.1 Å². The lowest BCUT2D eigenvalue weighted by Gasteiger charge is -2.42. The van der Waals surface area contributed by atoms with E-state index in [9.17, 15) is 8.42 Å². The third-order valence-electron chi connectivity index (χ3n) is 3.56. The Morgan fingerprint density at radius 1 is 1.25 bits per heavy atom. The van der Waals surface area contributed by atoms with Gasteiger partial charge in [-0.15, -0.1) is 0 Å². The molecule has 0 spiro atoms. The number of rotatable bonds is 2. The predicted molar refractivity (Wildman–Crippen MR) is 64.1 cm³/mol. The van der Waals surface area contributed by atoms with Crippen molar-refractivity contribution in [2.75, 3.05) is 25.5 Å². The zero-order chi connectivity index (χ0) is 11.2. The molecule has 0 bridgehead atoms. The fourth-order valence-corrected chi connectivity index (χ4v) is 6.11. The highest BCUT2D eigenvalue weighted by atomic mass is 32.2. The van der Waals surface area contributed by atoms with Crippen molar-refractivity contribution >= 4 is 21.8 Å². The zero-order valence-electron chi connectivity index (χ0n) is 9.17. The lowest BCUT2D eigenvalue weighted by molar-refractivity contribution is 0.0625. The van der Waals surface area contributed by atoms with E-state index in [1.54, 1.807) is 4.31 Å². The minimum Gasteiger partial charge on any atom is -0.380 e. The number of ether oxygens (including phenoxy) is 1. The van der Waals surface area contributed by atoms with Gasteiger partial charge in [0.2, 0.25) is 10.0 Å². The van der Waals surface area contributed by atoms with E-state index in [-0.39, 0.29) is 11.3 Å². The summed E-state index contributed by atoms with van der Waals surface area (Å²) in [7, 11) is -2.99. The molecule has 2 saturated heterocycles. The van der Waals surface area contributed by atoms with Gasteiger partial charge in [0.25, 0.3) is 0 Å². The van der Waals surface area contributed by atoms with E-state index in [0.29, 0.717) is 25.0 Å². The molecule has 0 unspecified atom stereocenters. The molecular formula is C10H17NO3S2. The Hall–Kier alpha value is 0.220. The van der Waals surface area contributed by atoms with Gasteiger partial charge in [-0.1, -0.05) is 0 Å². The molecule has 1 aliphatic carbocycles. The largest absolute Gasteiger partial charge is 0.380 e. The van der Waals surface area contributed by atoms with E-state index in [1.807, 2.05) is 11.8 Å². The Morgan fingerprint density at radius 3 is 2.81 bits per heavy atom. The Balaban J connectivity index is 1.82. The minimum absolute atomic E-state index is 0.0703. The lowest BCUT2D eigenvalue weighted by atomic mass is 10.1. The molecule has 0 aromatic carbocycles. The second-order valence-corrected chi connectivity index (χ2v) is 8.21. The summed E-state index contributed by atoms with van der Waals surface area (Å²) in [5, 5.41) is 0.287. The number of hydrogen-bond acceptors (Lipinski definition) is 4. The molecule has 2 aliphatic heterocycles. The van der Waals surface area contributed by atoms with Gasteiger partial charge in [0, 0.05) is 30.2 Å². The number of sulfonamides is 1. The smallest absolute Gasteiger partial charge is 0.217 e. The SMILES string of the molecule is O=S(=O)(C1CC1)N1CCS[C@@H]2COCC[C@H]21. The van der Waals surface area contributed by atoms with Crippen LogP contribution in [0.5, 0.6) is 0 Å². The molecule has 2 heterocycles. The zero-order valence-corrected chi connectivity index (χ0v) is 10.8. The van der Waals surface area contributed by atoms with Gasteiger partial charge >= 0.3 is 0 Å².